The van der Waals surface area contributed by atoms with Crippen LogP contribution in [0.5, 0.6) is 0 Å². The highest BCUT2D eigenvalue weighted by molar-refractivity contribution is 5.97. The molecule has 3 rings (SSSR count). The first-order chi connectivity index (χ1) is 13.2. The van der Waals surface area contributed by atoms with E-state index in [9.17, 15) is 0 Å². The third-order valence-corrected chi connectivity index (χ3v) is 4.55. The van der Waals surface area contributed by atoms with Crippen molar-refractivity contribution in [2.24, 2.45) is 15.9 Å². The van der Waals surface area contributed by atoms with E-state index in [2.05, 4.69) is 50.5 Å². The largest absolute Gasteiger partial charge is 0.389 e. The Morgan fingerprint density at radius 1 is 1.33 bits per heavy atom. The van der Waals surface area contributed by atoms with Crippen LogP contribution in [0.1, 0.15) is 35.7 Å². The summed E-state index contributed by atoms with van der Waals surface area (Å²) in [7, 11) is 1.79. The molecule has 1 aromatic heterocycles. The van der Waals surface area contributed by atoms with Crippen molar-refractivity contribution in [1.29, 1.82) is 0 Å². The van der Waals surface area contributed by atoms with E-state index < -0.39 is 0 Å². The van der Waals surface area contributed by atoms with Gasteiger partial charge in [-0.2, -0.15) is 0 Å². The van der Waals surface area contributed by atoms with E-state index in [0.29, 0.717) is 5.84 Å². The molecule has 0 spiro atoms. The van der Waals surface area contributed by atoms with E-state index in [-0.39, 0.29) is 6.10 Å². The topological polar surface area (TPSA) is 76.9 Å². The molecule has 0 aliphatic carbocycles. The summed E-state index contributed by atoms with van der Waals surface area (Å²) in [5, 5.41) is 7.32. The average molecular weight is 365 g/mol. The molecule has 1 aliphatic heterocycles. The lowest BCUT2D eigenvalue weighted by Gasteiger charge is -2.09. The maximum atomic E-state index is 6.05. The molecule has 0 radical (unpaired) electrons. The van der Waals surface area contributed by atoms with E-state index in [1.54, 1.807) is 7.05 Å². The summed E-state index contributed by atoms with van der Waals surface area (Å²) in [4.78, 5) is 9.62. The molecular weight excluding hydrogens is 338 g/mol. The van der Waals surface area contributed by atoms with Gasteiger partial charge in [0.25, 0.3) is 0 Å². The number of benzene rings is 1. The van der Waals surface area contributed by atoms with Crippen LogP contribution in [-0.2, 0) is 11.4 Å². The first kappa shape index (κ1) is 18.9. The zero-order valence-corrected chi connectivity index (χ0v) is 15.9. The van der Waals surface area contributed by atoms with Gasteiger partial charge in [-0.25, -0.2) is 0 Å². The first-order valence-electron chi connectivity index (χ1n) is 9.24. The van der Waals surface area contributed by atoms with Crippen molar-refractivity contribution in [3.8, 4) is 0 Å². The molecule has 1 unspecified atom stereocenters. The Balaban J connectivity index is 1.69. The van der Waals surface area contributed by atoms with Gasteiger partial charge in [0.2, 0.25) is 0 Å². The number of rotatable bonds is 7. The predicted molar refractivity (Wildman–Crippen MR) is 111 cm³/mol. The molecule has 1 atom stereocenters. The summed E-state index contributed by atoms with van der Waals surface area (Å²) in [6.45, 7) is 4.59. The second kappa shape index (κ2) is 9.19. The molecule has 27 heavy (non-hydrogen) atoms. The number of aromatic nitrogens is 1. The lowest BCUT2D eigenvalue weighted by Crippen LogP contribution is -2.19. The Morgan fingerprint density at radius 2 is 2.15 bits per heavy atom. The van der Waals surface area contributed by atoms with Crippen LogP contribution in [0.25, 0.3) is 6.08 Å². The predicted octanol–water partition coefficient (Wildman–Crippen LogP) is 2.62. The summed E-state index contributed by atoms with van der Waals surface area (Å²) >= 11 is 0. The molecular formula is C21H27N5O. The molecule has 0 amide bonds. The molecule has 3 N–H and O–H groups in total. The van der Waals surface area contributed by atoms with Gasteiger partial charge in [0.05, 0.1) is 0 Å². The minimum atomic E-state index is 0.113. The van der Waals surface area contributed by atoms with Crippen LogP contribution in [0.3, 0.4) is 0 Å². The average Bonchev–Trinajstić information content (AvgIpc) is 3.33. The van der Waals surface area contributed by atoms with Crippen molar-refractivity contribution in [3.63, 3.8) is 0 Å². The van der Waals surface area contributed by atoms with Crippen molar-refractivity contribution in [2.45, 2.75) is 26.0 Å². The van der Waals surface area contributed by atoms with Crippen molar-refractivity contribution < 1.29 is 4.84 Å². The van der Waals surface area contributed by atoms with Crippen LogP contribution >= 0.6 is 0 Å². The summed E-state index contributed by atoms with van der Waals surface area (Å²) in [5.41, 5.74) is 10.4. The maximum absolute atomic E-state index is 6.05. The normalized spacial score (nSPS) is 18.0. The number of allylic oxidation sites excluding steroid dienone is 1. The van der Waals surface area contributed by atoms with Crippen molar-refractivity contribution >= 4 is 18.1 Å². The van der Waals surface area contributed by atoms with Crippen LogP contribution < -0.4 is 11.1 Å². The molecule has 2 heterocycles. The first-order valence-corrected chi connectivity index (χ1v) is 9.24. The summed E-state index contributed by atoms with van der Waals surface area (Å²) in [5.74, 6) is 0.408. The number of amidine groups is 1. The zero-order chi connectivity index (χ0) is 19.1. The van der Waals surface area contributed by atoms with E-state index in [4.69, 9.17) is 10.6 Å². The van der Waals surface area contributed by atoms with Crippen LogP contribution in [-0.4, -0.2) is 42.9 Å². The molecule has 6 nitrogen and oxygen atoms in total. The van der Waals surface area contributed by atoms with Gasteiger partial charge in [-0.15, -0.1) is 0 Å². The van der Waals surface area contributed by atoms with Crippen molar-refractivity contribution in [1.82, 2.24) is 9.88 Å². The third-order valence-electron chi connectivity index (χ3n) is 4.55. The fourth-order valence-electron chi connectivity index (χ4n) is 3.12. The molecule has 1 fully saturated rings. The highest BCUT2D eigenvalue weighted by Crippen LogP contribution is 2.15. The summed E-state index contributed by atoms with van der Waals surface area (Å²) in [6.07, 6.45) is 9.18. The number of aliphatic imine (C=N–C) groups is 1. The van der Waals surface area contributed by atoms with Crippen molar-refractivity contribution in [3.05, 3.63) is 65.0 Å². The summed E-state index contributed by atoms with van der Waals surface area (Å²) in [6, 6.07) is 10.2. The zero-order valence-electron chi connectivity index (χ0n) is 15.9. The van der Waals surface area contributed by atoms with Gasteiger partial charge in [-0.1, -0.05) is 35.5 Å². The molecule has 1 saturated heterocycles. The number of hydrogen-bond acceptors (Lipinski definition) is 4. The van der Waals surface area contributed by atoms with E-state index in [1.165, 1.54) is 5.56 Å². The number of oxime groups is 1. The number of nitrogens with one attached hydrogen (secondary N) is 1. The number of hydrogen-bond donors (Lipinski definition) is 2. The van der Waals surface area contributed by atoms with Gasteiger partial charge >= 0.3 is 0 Å². The quantitative estimate of drug-likeness (QED) is 0.450. The third kappa shape index (κ3) is 4.86. The fourth-order valence-corrected chi connectivity index (χ4v) is 3.12. The Kier molecular flexibility index (Phi) is 6.44. The number of nitrogens with zero attached hydrogens (tertiary/aromatic N) is 3. The van der Waals surface area contributed by atoms with Gasteiger partial charge in [0.15, 0.2) is 5.84 Å². The van der Waals surface area contributed by atoms with Gasteiger partial charge in [-0.05, 0) is 31.2 Å². The van der Waals surface area contributed by atoms with E-state index in [0.717, 1.165) is 42.9 Å². The minimum Gasteiger partial charge on any atom is -0.389 e. The number of nitrogens with two attached hydrogens (primary N) is 1. The lowest BCUT2D eigenvalue weighted by atomic mass is 10.1. The SMILES string of the molecule is C/C=C\c1c(C=NC)ccn1Cc1ccc(C(N)=NOC2CCNC2)cc1. The minimum absolute atomic E-state index is 0.113. The second-order valence-electron chi connectivity index (χ2n) is 6.57. The fraction of sp³-hybridized carbons (Fsp3) is 0.333. The highest BCUT2D eigenvalue weighted by atomic mass is 16.6. The van der Waals surface area contributed by atoms with Crippen LogP contribution in [0.15, 0.2) is 52.8 Å². The molecule has 0 bridgehead atoms. The van der Waals surface area contributed by atoms with Crippen LogP contribution in [0.2, 0.25) is 0 Å². The van der Waals surface area contributed by atoms with Crippen molar-refractivity contribution in [2.75, 3.05) is 20.1 Å². The van der Waals surface area contributed by atoms with Gasteiger partial charge in [0.1, 0.15) is 6.10 Å². The van der Waals surface area contributed by atoms with E-state index in [1.807, 2.05) is 31.3 Å². The van der Waals surface area contributed by atoms with Gasteiger partial charge in [-0.3, -0.25) is 4.99 Å². The molecule has 2 aromatic rings. The standard InChI is InChI=1S/C21H27N5O/c1-3-4-20-18(13-23-2)10-12-26(20)15-16-5-7-17(8-6-16)21(22)25-27-19-9-11-24-14-19/h3-8,10,12-13,19,24H,9,11,14-15H2,1-2H3,(H2,22,25)/b4-3-,23-13?. The second-order valence-corrected chi connectivity index (χ2v) is 6.57. The Labute approximate surface area is 160 Å². The Hall–Kier alpha value is -2.86. The van der Waals surface area contributed by atoms with E-state index >= 15 is 0 Å². The maximum Gasteiger partial charge on any atom is 0.170 e. The lowest BCUT2D eigenvalue weighted by molar-refractivity contribution is 0.0734. The summed E-state index contributed by atoms with van der Waals surface area (Å²) < 4.78 is 2.21. The Bertz CT molecular complexity index is 827. The molecule has 142 valence electrons. The molecule has 1 aromatic carbocycles. The molecule has 1 aliphatic rings. The van der Waals surface area contributed by atoms with Gasteiger partial charge < -0.3 is 20.5 Å². The molecule has 0 saturated carbocycles. The van der Waals surface area contributed by atoms with Crippen LogP contribution in [0.4, 0.5) is 0 Å². The smallest absolute Gasteiger partial charge is 0.170 e. The monoisotopic (exact) mass is 365 g/mol. The van der Waals surface area contributed by atoms with Gasteiger partial charge in [0, 0.05) is 55.8 Å². The molecule has 6 heteroatoms. The van der Waals surface area contributed by atoms with Crippen LogP contribution in [0, 0.1) is 0 Å². The Morgan fingerprint density at radius 3 is 2.81 bits per heavy atom. The highest BCUT2D eigenvalue weighted by Gasteiger charge is 2.15.